The lowest BCUT2D eigenvalue weighted by atomic mass is 10.3. The number of nitrogens with zero attached hydrogens (tertiary/aromatic N) is 2. The average Bonchev–Trinajstić information content (AvgIpc) is 2.52. The van der Waals surface area contributed by atoms with Gasteiger partial charge in [-0.25, -0.2) is 0 Å². The quantitative estimate of drug-likeness (QED) is 0.621. The van der Waals surface area contributed by atoms with Crippen molar-refractivity contribution in [1.29, 1.82) is 0 Å². The molecule has 0 radical (unpaired) electrons. The molecule has 0 aliphatic heterocycles. The summed E-state index contributed by atoms with van der Waals surface area (Å²) >= 11 is 0. The van der Waals surface area contributed by atoms with Crippen LogP contribution in [0.1, 0.15) is 12.5 Å². The highest BCUT2D eigenvalue weighted by atomic mass is 16.5. The SMILES string of the molecule is CCc1cnn(CC(=O)OC)c1. The fourth-order valence-electron chi connectivity index (χ4n) is 0.872. The van der Waals surface area contributed by atoms with Gasteiger partial charge in [0, 0.05) is 6.20 Å². The van der Waals surface area contributed by atoms with Crippen LogP contribution in [0, 0.1) is 0 Å². The van der Waals surface area contributed by atoms with E-state index in [9.17, 15) is 4.79 Å². The summed E-state index contributed by atoms with van der Waals surface area (Å²) in [5, 5.41) is 3.99. The van der Waals surface area contributed by atoms with Crippen LogP contribution in [0.25, 0.3) is 0 Å². The number of hydrogen-bond acceptors (Lipinski definition) is 3. The molecule has 0 aliphatic rings. The summed E-state index contributed by atoms with van der Waals surface area (Å²) in [7, 11) is 1.37. The summed E-state index contributed by atoms with van der Waals surface area (Å²) in [5.41, 5.74) is 1.12. The van der Waals surface area contributed by atoms with E-state index >= 15 is 0 Å². The van der Waals surface area contributed by atoms with E-state index in [2.05, 4.69) is 9.84 Å². The highest BCUT2D eigenvalue weighted by Gasteiger charge is 2.02. The molecule has 0 unspecified atom stereocenters. The Hall–Kier alpha value is -1.32. The summed E-state index contributed by atoms with van der Waals surface area (Å²) in [6.07, 6.45) is 4.53. The van der Waals surface area contributed by atoms with Crippen molar-refractivity contribution in [1.82, 2.24) is 9.78 Å². The van der Waals surface area contributed by atoms with E-state index in [1.54, 1.807) is 10.9 Å². The molecule has 0 aliphatic carbocycles. The predicted octanol–water partition coefficient (Wildman–Crippen LogP) is 0.618. The van der Waals surface area contributed by atoms with Gasteiger partial charge in [0.2, 0.25) is 0 Å². The van der Waals surface area contributed by atoms with Crippen LogP contribution in [0.3, 0.4) is 0 Å². The minimum atomic E-state index is -0.277. The first-order valence-corrected chi connectivity index (χ1v) is 3.84. The van der Waals surface area contributed by atoms with E-state index in [0.717, 1.165) is 12.0 Å². The van der Waals surface area contributed by atoms with Crippen molar-refractivity contribution in [3.05, 3.63) is 18.0 Å². The number of ether oxygens (including phenoxy) is 1. The second-order valence-electron chi connectivity index (χ2n) is 2.48. The second-order valence-corrected chi connectivity index (χ2v) is 2.48. The van der Waals surface area contributed by atoms with Crippen LogP contribution in [0.5, 0.6) is 0 Å². The van der Waals surface area contributed by atoms with Gasteiger partial charge in [-0.2, -0.15) is 5.10 Å². The largest absolute Gasteiger partial charge is 0.468 e. The van der Waals surface area contributed by atoms with Gasteiger partial charge in [0.1, 0.15) is 6.54 Å². The second kappa shape index (κ2) is 3.90. The molecule has 0 amide bonds. The van der Waals surface area contributed by atoms with Gasteiger partial charge in [-0.3, -0.25) is 9.48 Å². The number of rotatable bonds is 3. The Kier molecular flexibility index (Phi) is 2.85. The van der Waals surface area contributed by atoms with Crippen molar-refractivity contribution in [2.75, 3.05) is 7.11 Å². The number of aromatic nitrogens is 2. The Balaban J connectivity index is 2.58. The zero-order valence-corrected chi connectivity index (χ0v) is 7.28. The number of methoxy groups -OCH3 is 1. The summed E-state index contributed by atoms with van der Waals surface area (Å²) in [6.45, 7) is 2.23. The van der Waals surface area contributed by atoms with E-state index in [0.29, 0.717) is 0 Å². The Bertz CT molecular complexity index is 268. The first-order valence-electron chi connectivity index (χ1n) is 3.84. The highest BCUT2D eigenvalue weighted by Crippen LogP contribution is 1.97. The molecule has 1 aromatic rings. The third kappa shape index (κ3) is 2.08. The number of hydrogen-bond donors (Lipinski definition) is 0. The molecule has 4 nitrogen and oxygen atoms in total. The molecule has 0 saturated heterocycles. The lowest BCUT2D eigenvalue weighted by Crippen LogP contribution is -2.11. The molecule has 12 heavy (non-hydrogen) atoms. The maximum atomic E-state index is 10.8. The van der Waals surface area contributed by atoms with Gasteiger partial charge in [-0.05, 0) is 12.0 Å². The van der Waals surface area contributed by atoms with Crippen molar-refractivity contribution in [2.45, 2.75) is 19.9 Å². The molecule has 0 N–H and O–H groups in total. The number of aryl methyl sites for hydroxylation is 1. The number of carbonyl (C=O) groups is 1. The molecule has 4 heteroatoms. The monoisotopic (exact) mass is 168 g/mol. The fraction of sp³-hybridized carbons (Fsp3) is 0.500. The summed E-state index contributed by atoms with van der Waals surface area (Å²) in [4.78, 5) is 10.8. The molecule has 0 saturated carbocycles. The Labute approximate surface area is 71.1 Å². The molecule has 66 valence electrons. The lowest BCUT2D eigenvalue weighted by Gasteiger charge is -1.97. The highest BCUT2D eigenvalue weighted by molar-refractivity contribution is 5.68. The zero-order valence-electron chi connectivity index (χ0n) is 7.28. The molecule has 1 heterocycles. The Morgan fingerprint density at radius 3 is 3.00 bits per heavy atom. The van der Waals surface area contributed by atoms with Crippen LogP contribution in [-0.4, -0.2) is 22.9 Å². The van der Waals surface area contributed by atoms with Crippen molar-refractivity contribution in [3.63, 3.8) is 0 Å². The summed E-state index contributed by atoms with van der Waals surface area (Å²) < 4.78 is 6.07. The molecule has 1 rings (SSSR count). The van der Waals surface area contributed by atoms with E-state index in [-0.39, 0.29) is 12.5 Å². The molecule has 0 bridgehead atoms. The van der Waals surface area contributed by atoms with Crippen molar-refractivity contribution >= 4 is 5.97 Å². The number of carbonyl (C=O) groups excluding carboxylic acids is 1. The first kappa shape index (κ1) is 8.77. The maximum absolute atomic E-state index is 10.8. The van der Waals surface area contributed by atoms with Crippen molar-refractivity contribution < 1.29 is 9.53 Å². The van der Waals surface area contributed by atoms with E-state index in [4.69, 9.17) is 0 Å². The van der Waals surface area contributed by atoms with E-state index in [1.807, 2.05) is 13.1 Å². The van der Waals surface area contributed by atoms with Crippen molar-refractivity contribution in [3.8, 4) is 0 Å². The number of esters is 1. The zero-order chi connectivity index (χ0) is 8.97. The van der Waals surface area contributed by atoms with E-state index in [1.165, 1.54) is 7.11 Å². The van der Waals surface area contributed by atoms with Gasteiger partial charge in [-0.15, -0.1) is 0 Å². The fourth-order valence-corrected chi connectivity index (χ4v) is 0.872. The molecule has 0 atom stereocenters. The molecular weight excluding hydrogens is 156 g/mol. The minimum absolute atomic E-state index is 0.191. The third-order valence-corrected chi connectivity index (χ3v) is 1.61. The summed E-state index contributed by atoms with van der Waals surface area (Å²) in [6, 6.07) is 0. The van der Waals surface area contributed by atoms with Crippen molar-refractivity contribution in [2.24, 2.45) is 0 Å². The smallest absolute Gasteiger partial charge is 0.327 e. The molecular formula is C8H12N2O2. The van der Waals surface area contributed by atoms with Crippen LogP contribution in [0.2, 0.25) is 0 Å². The molecule has 0 aromatic carbocycles. The molecule has 1 aromatic heterocycles. The van der Waals surface area contributed by atoms with Gasteiger partial charge >= 0.3 is 5.97 Å². The standard InChI is InChI=1S/C8H12N2O2/c1-3-7-4-9-10(5-7)6-8(11)12-2/h4-5H,3,6H2,1-2H3. The maximum Gasteiger partial charge on any atom is 0.327 e. The summed E-state index contributed by atoms with van der Waals surface area (Å²) in [5.74, 6) is -0.277. The normalized spacial score (nSPS) is 9.83. The van der Waals surface area contributed by atoms with Crippen LogP contribution < -0.4 is 0 Å². The topological polar surface area (TPSA) is 44.1 Å². The van der Waals surface area contributed by atoms with Gasteiger partial charge in [0.15, 0.2) is 0 Å². The molecule has 0 spiro atoms. The van der Waals surface area contributed by atoms with Gasteiger partial charge in [-0.1, -0.05) is 6.92 Å². The lowest BCUT2D eigenvalue weighted by molar-refractivity contribution is -0.141. The van der Waals surface area contributed by atoms with E-state index < -0.39 is 0 Å². The Morgan fingerprint density at radius 1 is 1.75 bits per heavy atom. The van der Waals surface area contributed by atoms with Crippen LogP contribution in [0.4, 0.5) is 0 Å². The van der Waals surface area contributed by atoms with Gasteiger partial charge in [0.05, 0.1) is 13.3 Å². The average molecular weight is 168 g/mol. The van der Waals surface area contributed by atoms with Crippen LogP contribution in [-0.2, 0) is 22.5 Å². The minimum Gasteiger partial charge on any atom is -0.468 e. The van der Waals surface area contributed by atoms with Crippen LogP contribution >= 0.6 is 0 Å². The van der Waals surface area contributed by atoms with Crippen LogP contribution in [0.15, 0.2) is 12.4 Å². The first-order chi connectivity index (χ1) is 5.76. The third-order valence-electron chi connectivity index (χ3n) is 1.61. The van der Waals surface area contributed by atoms with Gasteiger partial charge in [0.25, 0.3) is 0 Å². The Morgan fingerprint density at radius 2 is 2.50 bits per heavy atom. The molecule has 0 fully saturated rings. The predicted molar refractivity (Wildman–Crippen MR) is 43.6 cm³/mol. The van der Waals surface area contributed by atoms with Gasteiger partial charge < -0.3 is 4.74 Å².